The fourth-order valence-corrected chi connectivity index (χ4v) is 12.2. The molecule has 2 nitrogen and oxygen atoms in total. The van der Waals surface area contributed by atoms with Gasteiger partial charge in [0.15, 0.2) is 0 Å². The minimum atomic E-state index is -1.38. The Hall–Kier alpha value is -5.38. The second-order valence-corrected chi connectivity index (χ2v) is 22.7. The highest BCUT2D eigenvalue weighted by atomic mass is 28.3. The maximum absolute atomic E-state index is 2.85. The van der Waals surface area contributed by atoms with Crippen molar-refractivity contribution in [1.82, 2.24) is 9.47 Å². The van der Waals surface area contributed by atoms with E-state index in [1.807, 2.05) is 0 Å². The van der Waals surface area contributed by atoms with E-state index < -0.39 is 8.07 Å². The van der Waals surface area contributed by atoms with Gasteiger partial charge in [0.05, 0.1) is 30.2 Å². The lowest BCUT2D eigenvalue weighted by molar-refractivity contribution is 0.0729. The molecular formula is C51H46N2Si. The van der Waals surface area contributed by atoms with Crippen molar-refractivity contribution in [3.05, 3.63) is 185 Å². The molecule has 0 amide bonds. The summed E-state index contributed by atoms with van der Waals surface area (Å²) in [6.07, 6.45) is 26.3. The monoisotopic (exact) mass is 714 g/mol. The van der Waals surface area contributed by atoms with Crippen LogP contribution in [0.1, 0.15) is 43.4 Å². The number of allylic oxidation sites excluding steroid dienone is 10. The molecule has 0 saturated heterocycles. The first-order chi connectivity index (χ1) is 26.1. The van der Waals surface area contributed by atoms with Gasteiger partial charge in [-0.05, 0) is 102 Å². The summed E-state index contributed by atoms with van der Waals surface area (Å²) in [4.78, 5) is 2.85. The maximum atomic E-state index is 2.85. The van der Waals surface area contributed by atoms with Gasteiger partial charge in [-0.1, -0.05) is 146 Å². The van der Waals surface area contributed by atoms with Gasteiger partial charge in [-0.25, -0.2) is 0 Å². The molecular weight excluding hydrogens is 669 g/mol. The van der Waals surface area contributed by atoms with Gasteiger partial charge in [0, 0.05) is 34.0 Å². The zero-order chi connectivity index (χ0) is 36.6. The van der Waals surface area contributed by atoms with E-state index in [4.69, 9.17) is 0 Å². The number of hydrogen-bond donors (Lipinski definition) is 0. The molecule has 0 bridgehead atoms. The number of benzene rings is 4. The second-order valence-electron chi connectivity index (χ2n) is 17.6. The summed E-state index contributed by atoms with van der Waals surface area (Å²) < 4.78 is 2.46. The van der Waals surface area contributed by atoms with Crippen LogP contribution in [0.15, 0.2) is 169 Å². The smallest absolute Gasteiger partial charge is 0.0775 e. The lowest BCUT2D eigenvalue weighted by Gasteiger charge is -2.55. The van der Waals surface area contributed by atoms with E-state index in [-0.39, 0.29) is 17.0 Å². The number of fused-ring (bicyclic) bond motifs is 8. The topological polar surface area (TPSA) is 8.17 Å². The molecule has 4 atom stereocenters. The van der Waals surface area contributed by atoms with Crippen molar-refractivity contribution in [2.24, 2.45) is 11.8 Å². The van der Waals surface area contributed by atoms with E-state index in [9.17, 15) is 0 Å². The van der Waals surface area contributed by atoms with Crippen LogP contribution >= 0.6 is 0 Å². The van der Waals surface area contributed by atoms with Crippen molar-refractivity contribution >= 4 is 51.8 Å². The molecule has 11 rings (SSSR count). The van der Waals surface area contributed by atoms with Crippen LogP contribution in [-0.2, 0) is 0 Å². The van der Waals surface area contributed by atoms with Gasteiger partial charge in [-0.2, -0.15) is 0 Å². The molecule has 0 spiro atoms. The van der Waals surface area contributed by atoms with Crippen molar-refractivity contribution < 1.29 is 0 Å². The number of nitrogens with zero attached hydrogens (tertiary/aromatic N) is 2. The molecule has 1 aliphatic heterocycles. The first-order valence-corrected chi connectivity index (χ1v) is 23.3. The van der Waals surface area contributed by atoms with E-state index in [2.05, 4.69) is 195 Å². The molecule has 264 valence electrons. The van der Waals surface area contributed by atoms with E-state index in [0.29, 0.717) is 5.92 Å². The summed E-state index contributed by atoms with van der Waals surface area (Å²) in [7, 11) is -1.38. The van der Waals surface area contributed by atoms with Crippen LogP contribution < -0.4 is 5.19 Å². The predicted octanol–water partition coefficient (Wildman–Crippen LogP) is 11.9. The first kappa shape index (κ1) is 32.1. The van der Waals surface area contributed by atoms with Gasteiger partial charge in [0.1, 0.15) is 0 Å². The third kappa shape index (κ3) is 4.28. The number of rotatable bonds is 4. The van der Waals surface area contributed by atoms with Crippen LogP contribution in [0.25, 0.3) is 44.2 Å². The Morgan fingerprint density at radius 2 is 1.43 bits per heavy atom. The molecule has 2 heterocycles. The zero-order valence-corrected chi connectivity index (χ0v) is 32.9. The third-order valence-corrected chi connectivity index (χ3v) is 15.6. The first-order valence-electron chi connectivity index (χ1n) is 19.8. The Morgan fingerprint density at radius 1 is 0.685 bits per heavy atom. The highest BCUT2D eigenvalue weighted by Gasteiger charge is 2.57. The Morgan fingerprint density at radius 3 is 2.26 bits per heavy atom. The molecule has 5 aromatic rings. The summed E-state index contributed by atoms with van der Waals surface area (Å²) in [6, 6.07) is 34.5. The zero-order valence-electron chi connectivity index (χ0n) is 31.9. The molecule has 6 aliphatic rings. The van der Waals surface area contributed by atoms with Gasteiger partial charge in [0.25, 0.3) is 0 Å². The molecule has 54 heavy (non-hydrogen) atoms. The SMILES string of the molecule is CC12C=CC=CC1C1=C(CCC(c3ccc4c(c3)c3ccccc3n4-c3ccc([Si](C)(C)C)cc3)=C1)N2C1(C)C=CC2=C3C(=CC=CC31)c1ccccc12. The molecule has 0 saturated carbocycles. The van der Waals surface area contributed by atoms with Gasteiger partial charge < -0.3 is 9.47 Å². The van der Waals surface area contributed by atoms with E-state index in [0.717, 1.165) is 12.8 Å². The van der Waals surface area contributed by atoms with Crippen molar-refractivity contribution in [3.8, 4) is 5.69 Å². The third-order valence-electron chi connectivity index (χ3n) is 13.6. The van der Waals surface area contributed by atoms with Crippen LogP contribution in [-0.4, -0.2) is 28.6 Å². The molecule has 5 aliphatic carbocycles. The van der Waals surface area contributed by atoms with E-state index in [1.54, 1.807) is 0 Å². The molecule has 4 aromatic carbocycles. The van der Waals surface area contributed by atoms with E-state index >= 15 is 0 Å². The molecule has 0 radical (unpaired) electrons. The summed E-state index contributed by atoms with van der Waals surface area (Å²) in [5.74, 6) is 0.562. The summed E-state index contributed by atoms with van der Waals surface area (Å²) >= 11 is 0. The van der Waals surface area contributed by atoms with E-state index in [1.165, 1.54) is 82.9 Å². The van der Waals surface area contributed by atoms with Crippen LogP contribution in [0.3, 0.4) is 0 Å². The van der Waals surface area contributed by atoms with Crippen molar-refractivity contribution in [2.45, 2.75) is 57.4 Å². The highest BCUT2D eigenvalue weighted by Crippen LogP contribution is 2.60. The predicted molar refractivity (Wildman–Crippen MR) is 232 cm³/mol. The number of hydrogen-bond acceptors (Lipinski definition) is 1. The number of para-hydroxylation sites is 1. The molecule has 3 heteroatoms. The fraction of sp³-hybridized carbons (Fsp3) is 0.216. The standard InChI is InChI=1S/C51H46N2Si/c1-50-29-11-10-17-44(50)43-32-34(21-27-48(43)53(50)51(2)30-28-41-38-14-7-6-13-37(38)40-16-12-18-45(51)49(40)41)33-20-26-47-42(31-33)39-15-8-9-19-46(39)52(47)35-22-24-36(25-23-35)54(3,4)5/h6-20,22-26,28-32,44-45H,21,27H2,1-5H3. The lowest BCUT2D eigenvalue weighted by atomic mass is 9.68. The van der Waals surface area contributed by atoms with Gasteiger partial charge in [-0.15, -0.1) is 0 Å². The van der Waals surface area contributed by atoms with Crippen LogP contribution in [0.2, 0.25) is 19.6 Å². The normalized spacial score (nSPS) is 26.4. The van der Waals surface area contributed by atoms with Crippen LogP contribution in [0.4, 0.5) is 0 Å². The van der Waals surface area contributed by atoms with Crippen molar-refractivity contribution in [2.75, 3.05) is 0 Å². The quantitative estimate of drug-likeness (QED) is 0.168. The molecule has 0 N–H and O–H groups in total. The maximum Gasteiger partial charge on any atom is 0.0775 e. The Labute approximate surface area is 320 Å². The van der Waals surface area contributed by atoms with Gasteiger partial charge in [0.2, 0.25) is 0 Å². The van der Waals surface area contributed by atoms with Gasteiger partial charge in [-0.3, -0.25) is 0 Å². The number of aromatic nitrogens is 1. The minimum Gasteiger partial charge on any atom is -0.355 e. The molecule has 0 fully saturated rings. The van der Waals surface area contributed by atoms with Crippen molar-refractivity contribution in [1.29, 1.82) is 0 Å². The molecule has 1 aromatic heterocycles. The average Bonchev–Trinajstić information content (AvgIpc) is 3.79. The summed E-state index contributed by atoms with van der Waals surface area (Å²) in [5.41, 5.74) is 16.2. The van der Waals surface area contributed by atoms with Crippen LogP contribution in [0.5, 0.6) is 0 Å². The summed E-state index contributed by atoms with van der Waals surface area (Å²) in [5, 5.41) is 4.13. The fourth-order valence-electron chi connectivity index (χ4n) is 11.0. The van der Waals surface area contributed by atoms with Crippen molar-refractivity contribution in [3.63, 3.8) is 0 Å². The highest BCUT2D eigenvalue weighted by molar-refractivity contribution is 6.88. The molecule has 4 unspecified atom stereocenters. The van der Waals surface area contributed by atoms with Gasteiger partial charge >= 0.3 is 0 Å². The largest absolute Gasteiger partial charge is 0.355 e. The summed E-state index contributed by atoms with van der Waals surface area (Å²) in [6.45, 7) is 12.2. The Bertz CT molecular complexity index is 2730. The second kappa shape index (κ2) is 11.1. The van der Waals surface area contributed by atoms with Crippen LogP contribution in [0, 0.1) is 11.8 Å². The Kier molecular flexibility index (Phi) is 6.59. The Balaban J connectivity index is 1.02. The lowest BCUT2D eigenvalue weighted by Crippen LogP contribution is -2.59. The average molecular weight is 715 g/mol. The minimum absolute atomic E-state index is 0.161.